The van der Waals surface area contributed by atoms with Gasteiger partial charge in [0.25, 0.3) is 0 Å². The number of aryl methyl sites for hydroxylation is 1. The number of anilines is 1. The molecule has 0 saturated carbocycles. The van der Waals surface area contributed by atoms with Crippen molar-refractivity contribution in [2.24, 2.45) is 5.92 Å². The molecule has 1 atom stereocenters. The van der Waals surface area contributed by atoms with Crippen LogP contribution in [-0.4, -0.2) is 15.7 Å². The second-order valence-corrected chi connectivity index (χ2v) is 6.68. The number of nitrogens with zero attached hydrogens (tertiary/aromatic N) is 2. The molecule has 0 bridgehead atoms. The maximum Gasteiger partial charge on any atom is 0.435 e. The van der Waals surface area contributed by atoms with Crippen molar-refractivity contribution in [2.45, 2.75) is 26.6 Å². The van der Waals surface area contributed by atoms with Crippen LogP contribution in [0.1, 0.15) is 18.3 Å². The summed E-state index contributed by atoms with van der Waals surface area (Å²) < 4.78 is 39.5. The Bertz CT molecular complexity index is 947. The van der Waals surface area contributed by atoms with Crippen LogP contribution < -0.4 is 5.32 Å². The number of alkyl halides is 3. The van der Waals surface area contributed by atoms with Crippen molar-refractivity contribution in [3.63, 3.8) is 0 Å². The van der Waals surface area contributed by atoms with Crippen LogP contribution in [0.2, 0.25) is 0 Å². The van der Waals surface area contributed by atoms with Crippen molar-refractivity contribution in [1.29, 1.82) is 0 Å². The summed E-state index contributed by atoms with van der Waals surface area (Å²) in [5, 5.41) is 6.36. The van der Waals surface area contributed by atoms with Gasteiger partial charge in [0.05, 0.1) is 12.5 Å². The van der Waals surface area contributed by atoms with Crippen molar-refractivity contribution in [2.75, 3.05) is 5.32 Å². The lowest BCUT2D eigenvalue weighted by Crippen LogP contribution is -2.25. The summed E-state index contributed by atoms with van der Waals surface area (Å²) in [6.45, 7) is 3.26. The monoisotopic (exact) mass is 387 g/mol. The smallest absolute Gasteiger partial charge is 0.326 e. The lowest BCUT2D eigenvalue weighted by molar-refractivity contribution is -0.141. The second kappa shape index (κ2) is 7.88. The van der Waals surface area contributed by atoms with Crippen molar-refractivity contribution >= 4 is 11.6 Å². The van der Waals surface area contributed by atoms with E-state index >= 15 is 0 Å². The Balaban J connectivity index is 1.64. The van der Waals surface area contributed by atoms with Crippen molar-refractivity contribution in [3.8, 4) is 11.1 Å². The number of hydrogen-bond acceptors (Lipinski definition) is 2. The van der Waals surface area contributed by atoms with E-state index in [4.69, 9.17) is 0 Å². The lowest BCUT2D eigenvalue weighted by Gasteiger charge is -2.14. The Labute approximate surface area is 161 Å². The number of nitrogens with one attached hydrogen (secondary N) is 1. The standard InChI is InChI=1S/C21H20F3N3O/c1-14(13-27-15(2)12-19(26-27)21(22,23)24)20(28)25-18-10-8-17(9-11-18)16-6-4-3-5-7-16/h3-12,14H,13H2,1-2H3,(H,25,28). The van der Waals surface area contributed by atoms with Crippen molar-refractivity contribution in [3.05, 3.63) is 72.1 Å². The Morgan fingerprint density at radius 2 is 1.68 bits per heavy atom. The first-order valence-electron chi connectivity index (χ1n) is 8.82. The Morgan fingerprint density at radius 3 is 2.25 bits per heavy atom. The molecule has 4 nitrogen and oxygen atoms in total. The predicted octanol–water partition coefficient (Wildman–Crippen LogP) is 5.15. The van der Waals surface area contributed by atoms with E-state index in [1.54, 1.807) is 19.1 Å². The molecule has 1 heterocycles. The molecule has 3 rings (SSSR count). The van der Waals surface area contributed by atoms with Crippen LogP contribution in [0.3, 0.4) is 0 Å². The average molecular weight is 387 g/mol. The fourth-order valence-corrected chi connectivity index (χ4v) is 2.82. The van der Waals surface area contributed by atoms with Gasteiger partial charge in [-0.1, -0.05) is 49.4 Å². The molecular formula is C21H20F3N3O. The zero-order valence-corrected chi connectivity index (χ0v) is 15.5. The summed E-state index contributed by atoms with van der Waals surface area (Å²) in [5.74, 6) is -0.829. The Hall–Kier alpha value is -3.09. The van der Waals surface area contributed by atoms with E-state index in [9.17, 15) is 18.0 Å². The topological polar surface area (TPSA) is 46.9 Å². The fourth-order valence-electron chi connectivity index (χ4n) is 2.82. The second-order valence-electron chi connectivity index (χ2n) is 6.68. The molecular weight excluding hydrogens is 367 g/mol. The first-order chi connectivity index (χ1) is 13.2. The molecule has 3 aromatic rings. The van der Waals surface area contributed by atoms with Crippen LogP contribution in [0, 0.1) is 12.8 Å². The van der Waals surface area contributed by atoms with E-state index in [0.717, 1.165) is 17.2 Å². The van der Waals surface area contributed by atoms with Gasteiger partial charge in [-0.2, -0.15) is 18.3 Å². The van der Waals surface area contributed by atoms with Gasteiger partial charge >= 0.3 is 6.18 Å². The number of amides is 1. The molecule has 0 radical (unpaired) electrons. The van der Waals surface area contributed by atoms with Gasteiger partial charge in [0.2, 0.25) is 5.91 Å². The van der Waals surface area contributed by atoms with Crippen molar-refractivity contribution < 1.29 is 18.0 Å². The van der Waals surface area contributed by atoms with Crippen LogP contribution in [-0.2, 0) is 17.5 Å². The third-order valence-electron chi connectivity index (χ3n) is 4.43. The molecule has 1 N–H and O–H groups in total. The zero-order valence-electron chi connectivity index (χ0n) is 15.5. The number of benzene rings is 2. The molecule has 0 saturated heterocycles. The number of hydrogen-bond donors (Lipinski definition) is 1. The number of carbonyl (C=O) groups is 1. The molecule has 1 aromatic heterocycles. The molecule has 7 heteroatoms. The van der Waals surface area contributed by atoms with Crippen LogP contribution in [0.4, 0.5) is 18.9 Å². The zero-order chi connectivity index (χ0) is 20.3. The third kappa shape index (κ3) is 4.60. The van der Waals surface area contributed by atoms with Gasteiger partial charge in [-0.25, -0.2) is 0 Å². The molecule has 28 heavy (non-hydrogen) atoms. The summed E-state index contributed by atoms with van der Waals surface area (Å²) in [6.07, 6.45) is -4.50. The molecule has 0 fully saturated rings. The maximum absolute atomic E-state index is 12.8. The summed E-state index contributed by atoms with van der Waals surface area (Å²) in [5.41, 5.74) is 2.14. The number of aromatic nitrogens is 2. The molecule has 1 unspecified atom stereocenters. The summed E-state index contributed by atoms with van der Waals surface area (Å²) >= 11 is 0. The minimum absolute atomic E-state index is 0.0653. The fraction of sp³-hybridized carbons (Fsp3) is 0.238. The average Bonchev–Trinajstić information content (AvgIpc) is 3.04. The molecule has 0 aliphatic rings. The first-order valence-corrected chi connectivity index (χ1v) is 8.82. The minimum Gasteiger partial charge on any atom is -0.326 e. The van der Waals surface area contributed by atoms with Crippen LogP contribution >= 0.6 is 0 Å². The summed E-state index contributed by atoms with van der Waals surface area (Å²) in [6, 6.07) is 18.2. The molecule has 1 amide bonds. The summed E-state index contributed by atoms with van der Waals surface area (Å²) in [4.78, 5) is 12.4. The molecule has 2 aromatic carbocycles. The minimum atomic E-state index is -4.50. The predicted molar refractivity (Wildman–Crippen MR) is 102 cm³/mol. The molecule has 0 spiro atoms. The highest BCUT2D eigenvalue weighted by molar-refractivity contribution is 5.92. The highest BCUT2D eigenvalue weighted by Crippen LogP contribution is 2.28. The van der Waals surface area contributed by atoms with E-state index < -0.39 is 17.8 Å². The van der Waals surface area contributed by atoms with Crippen LogP contribution in [0.15, 0.2) is 60.7 Å². The van der Waals surface area contributed by atoms with E-state index in [2.05, 4.69) is 10.4 Å². The van der Waals surface area contributed by atoms with Gasteiger partial charge in [-0.05, 0) is 36.2 Å². The summed E-state index contributed by atoms with van der Waals surface area (Å²) in [7, 11) is 0. The Kier molecular flexibility index (Phi) is 5.53. The van der Waals surface area contributed by atoms with Gasteiger partial charge in [-0.15, -0.1) is 0 Å². The van der Waals surface area contributed by atoms with E-state index in [-0.39, 0.29) is 12.5 Å². The van der Waals surface area contributed by atoms with Gasteiger partial charge < -0.3 is 5.32 Å². The van der Waals surface area contributed by atoms with Gasteiger partial charge in [0.1, 0.15) is 0 Å². The molecule has 0 aliphatic carbocycles. The normalized spacial score (nSPS) is 12.6. The number of rotatable bonds is 5. The quantitative estimate of drug-likeness (QED) is 0.658. The van der Waals surface area contributed by atoms with Gasteiger partial charge in [-0.3, -0.25) is 9.48 Å². The largest absolute Gasteiger partial charge is 0.435 e. The third-order valence-corrected chi connectivity index (χ3v) is 4.43. The van der Waals surface area contributed by atoms with Crippen molar-refractivity contribution in [1.82, 2.24) is 9.78 Å². The van der Waals surface area contributed by atoms with E-state index in [0.29, 0.717) is 11.4 Å². The van der Waals surface area contributed by atoms with E-state index in [1.165, 1.54) is 11.6 Å². The van der Waals surface area contributed by atoms with Gasteiger partial charge in [0, 0.05) is 11.4 Å². The SMILES string of the molecule is Cc1cc(C(F)(F)F)nn1CC(C)C(=O)Nc1ccc(-c2ccccc2)cc1. The number of halogens is 3. The molecule has 0 aliphatic heterocycles. The van der Waals surface area contributed by atoms with E-state index in [1.807, 2.05) is 42.5 Å². The highest BCUT2D eigenvalue weighted by Gasteiger charge is 2.34. The molecule has 146 valence electrons. The first kappa shape index (κ1) is 19.7. The lowest BCUT2D eigenvalue weighted by atomic mass is 10.1. The van der Waals surface area contributed by atoms with Crippen LogP contribution in [0.25, 0.3) is 11.1 Å². The number of carbonyl (C=O) groups excluding carboxylic acids is 1. The Morgan fingerprint density at radius 1 is 1.07 bits per heavy atom. The van der Waals surface area contributed by atoms with Crippen LogP contribution in [0.5, 0.6) is 0 Å². The van der Waals surface area contributed by atoms with Gasteiger partial charge in [0.15, 0.2) is 5.69 Å². The maximum atomic E-state index is 12.8. The highest BCUT2D eigenvalue weighted by atomic mass is 19.4.